The van der Waals surface area contributed by atoms with Crippen molar-refractivity contribution in [1.82, 2.24) is 10.2 Å². The van der Waals surface area contributed by atoms with Gasteiger partial charge in [0.25, 0.3) is 0 Å². The summed E-state index contributed by atoms with van der Waals surface area (Å²) in [5.41, 5.74) is -0.0121. The normalized spacial score (nSPS) is 11.6. The maximum absolute atomic E-state index is 11.7. The summed E-state index contributed by atoms with van der Waals surface area (Å²) in [6.45, 7) is 8.42. The quantitative estimate of drug-likeness (QED) is 0.800. The molecule has 0 fully saturated rings. The van der Waals surface area contributed by atoms with Crippen molar-refractivity contribution in [2.45, 2.75) is 65.2 Å². The molecule has 0 aliphatic rings. The molecule has 4 nitrogen and oxygen atoms in total. The van der Waals surface area contributed by atoms with Crippen molar-refractivity contribution in [3.63, 3.8) is 0 Å². The third kappa shape index (κ3) is 5.12. The van der Waals surface area contributed by atoms with E-state index >= 15 is 0 Å². The van der Waals surface area contributed by atoms with Crippen molar-refractivity contribution < 1.29 is 4.79 Å². The van der Waals surface area contributed by atoms with Gasteiger partial charge in [0.1, 0.15) is 5.01 Å². The first-order valence-corrected chi connectivity index (χ1v) is 7.39. The molecule has 0 aromatic carbocycles. The van der Waals surface area contributed by atoms with E-state index in [1.807, 2.05) is 0 Å². The molecule has 102 valence electrons. The van der Waals surface area contributed by atoms with E-state index in [1.165, 1.54) is 24.2 Å². The smallest absolute Gasteiger partial charge is 0.226 e. The molecule has 0 atom stereocenters. The van der Waals surface area contributed by atoms with Crippen LogP contribution in [-0.4, -0.2) is 16.1 Å². The van der Waals surface area contributed by atoms with Gasteiger partial charge >= 0.3 is 0 Å². The second kappa shape index (κ2) is 6.83. The minimum atomic E-state index is -0.0121. The third-order valence-corrected chi connectivity index (χ3v) is 3.83. The number of anilines is 1. The fourth-order valence-corrected chi connectivity index (χ4v) is 2.29. The van der Waals surface area contributed by atoms with Crippen LogP contribution in [0.15, 0.2) is 0 Å². The molecule has 0 saturated carbocycles. The molecule has 0 aliphatic carbocycles. The van der Waals surface area contributed by atoms with E-state index in [-0.39, 0.29) is 11.3 Å². The largest absolute Gasteiger partial charge is 0.301 e. The average molecular weight is 269 g/mol. The number of nitrogens with one attached hydrogen (secondary N) is 1. The first-order valence-electron chi connectivity index (χ1n) is 6.57. The van der Waals surface area contributed by atoms with Crippen LogP contribution in [0.4, 0.5) is 5.13 Å². The lowest BCUT2D eigenvalue weighted by molar-refractivity contribution is -0.116. The number of hydrogen-bond donors (Lipinski definition) is 1. The van der Waals surface area contributed by atoms with E-state index in [9.17, 15) is 4.79 Å². The van der Waals surface area contributed by atoms with Gasteiger partial charge < -0.3 is 5.32 Å². The Bertz CT molecular complexity index is 382. The van der Waals surface area contributed by atoms with Crippen LogP contribution < -0.4 is 5.32 Å². The molecule has 0 unspecified atom stereocenters. The molecule has 0 saturated heterocycles. The highest BCUT2D eigenvalue weighted by Gasteiger charge is 2.19. The number of amides is 1. The highest BCUT2D eigenvalue weighted by Crippen LogP contribution is 2.27. The van der Waals surface area contributed by atoms with Gasteiger partial charge in [-0.1, -0.05) is 58.3 Å². The van der Waals surface area contributed by atoms with Gasteiger partial charge in [-0.25, -0.2) is 0 Å². The van der Waals surface area contributed by atoms with Crippen molar-refractivity contribution in [3.8, 4) is 0 Å². The van der Waals surface area contributed by atoms with Crippen LogP contribution >= 0.6 is 11.3 Å². The molecule has 18 heavy (non-hydrogen) atoms. The summed E-state index contributed by atoms with van der Waals surface area (Å²) in [6.07, 6.45) is 5.02. The van der Waals surface area contributed by atoms with Crippen molar-refractivity contribution >= 4 is 22.4 Å². The molecular weight excluding hydrogens is 246 g/mol. The lowest BCUT2D eigenvalue weighted by Crippen LogP contribution is -2.10. The number of carbonyl (C=O) groups excluding carboxylic acids is 1. The van der Waals surface area contributed by atoms with Gasteiger partial charge in [-0.3, -0.25) is 4.79 Å². The first-order chi connectivity index (χ1) is 8.43. The van der Waals surface area contributed by atoms with E-state index in [0.717, 1.165) is 17.8 Å². The Kier molecular flexibility index (Phi) is 5.72. The predicted molar refractivity (Wildman–Crippen MR) is 76.0 cm³/mol. The van der Waals surface area contributed by atoms with E-state index < -0.39 is 0 Å². The molecule has 0 radical (unpaired) electrons. The Labute approximate surface area is 113 Å². The van der Waals surface area contributed by atoms with Gasteiger partial charge in [0.15, 0.2) is 0 Å². The maximum Gasteiger partial charge on any atom is 0.226 e. The monoisotopic (exact) mass is 269 g/mol. The van der Waals surface area contributed by atoms with E-state index in [4.69, 9.17) is 0 Å². The fourth-order valence-electron chi connectivity index (χ4n) is 1.47. The number of aromatic nitrogens is 2. The van der Waals surface area contributed by atoms with Gasteiger partial charge in [-0.05, 0) is 6.42 Å². The molecule has 1 rings (SSSR count). The van der Waals surface area contributed by atoms with Crippen LogP contribution in [0.2, 0.25) is 0 Å². The minimum absolute atomic E-state index is 0.0121. The Morgan fingerprint density at radius 2 is 1.94 bits per heavy atom. The molecule has 0 bridgehead atoms. The summed E-state index contributed by atoms with van der Waals surface area (Å²) in [6, 6.07) is 0. The zero-order chi connectivity index (χ0) is 13.6. The number of rotatable bonds is 6. The highest BCUT2D eigenvalue weighted by atomic mass is 32.1. The van der Waals surface area contributed by atoms with Crippen molar-refractivity contribution in [2.24, 2.45) is 0 Å². The van der Waals surface area contributed by atoms with Crippen molar-refractivity contribution in [2.75, 3.05) is 5.32 Å². The summed E-state index contributed by atoms with van der Waals surface area (Å²) in [5, 5.41) is 12.5. The second-order valence-electron chi connectivity index (χ2n) is 5.52. The maximum atomic E-state index is 11.7. The number of nitrogens with zero attached hydrogens (tertiary/aromatic N) is 2. The molecular formula is C13H23N3OS. The lowest BCUT2D eigenvalue weighted by Gasteiger charge is -2.12. The van der Waals surface area contributed by atoms with E-state index in [1.54, 1.807) is 0 Å². The van der Waals surface area contributed by atoms with Gasteiger partial charge in [-0.15, -0.1) is 10.2 Å². The van der Waals surface area contributed by atoms with Crippen molar-refractivity contribution in [3.05, 3.63) is 5.01 Å². The zero-order valence-electron chi connectivity index (χ0n) is 11.7. The topological polar surface area (TPSA) is 54.9 Å². The standard InChI is InChI=1S/C13H23N3OS/c1-5-6-7-8-9-10(17)14-12-16-15-11(18-12)13(2,3)4/h5-9H2,1-4H3,(H,14,16,17). The van der Waals surface area contributed by atoms with Crippen LogP contribution in [0.5, 0.6) is 0 Å². The second-order valence-corrected chi connectivity index (χ2v) is 6.50. The SMILES string of the molecule is CCCCCCC(=O)Nc1nnc(C(C)(C)C)s1. The van der Waals surface area contributed by atoms with Crippen LogP contribution in [0, 0.1) is 0 Å². The fraction of sp³-hybridized carbons (Fsp3) is 0.769. The zero-order valence-corrected chi connectivity index (χ0v) is 12.6. The summed E-state index contributed by atoms with van der Waals surface area (Å²) in [5.74, 6) is 0.0442. The predicted octanol–water partition coefficient (Wildman–Crippen LogP) is 3.74. The van der Waals surface area contributed by atoms with Crippen LogP contribution in [0.1, 0.15) is 64.8 Å². The van der Waals surface area contributed by atoms with Gasteiger partial charge in [0.2, 0.25) is 11.0 Å². The Hall–Kier alpha value is -0.970. The van der Waals surface area contributed by atoms with Crippen LogP contribution in [0.3, 0.4) is 0 Å². The Balaban J connectivity index is 2.38. The number of hydrogen-bond acceptors (Lipinski definition) is 4. The molecule has 1 aromatic heterocycles. The molecule has 1 aromatic rings. The van der Waals surface area contributed by atoms with Crippen molar-refractivity contribution in [1.29, 1.82) is 0 Å². The number of unbranched alkanes of at least 4 members (excludes halogenated alkanes) is 3. The van der Waals surface area contributed by atoms with Gasteiger partial charge in [0, 0.05) is 11.8 Å². The molecule has 0 aliphatic heterocycles. The van der Waals surface area contributed by atoms with E-state index in [0.29, 0.717) is 11.6 Å². The third-order valence-electron chi connectivity index (χ3n) is 2.57. The summed E-state index contributed by atoms with van der Waals surface area (Å²) < 4.78 is 0. The molecule has 5 heteroatoms. The van der Waals surface area contributed by atoms with Crippen LogP contribution in [0.25, 0.3) is 0 Å². The van der Waals surface area contributed by atoms with Crippen LogP contribution in [-0.2, 0) is 10.2 Å². The van der Waals surface area contributed by atoms with Gasteiger partial charge in [0.05, 0.1) is 0 Å². The molecule has 0 spiro atoms. The minimum Gasteiger partial charge on any atom is -0.301 e. The Morgan fingerprint density at radius 3 is 2.50 bits per heavy atom. The summed E-state index contributed by atoms with van der Waals surface area (Å²) in [7, 11) is 0. The summed E-state index contributed by atoms with van der Waals surface area (Å²) in [4.78, 5) is 11.7. The summed E-state index contributed by atoms with van der Waals surface area (Å²) >= 11 is 1.46. The van der Waals surface area contributed by atoms with Gasteiger partial charge in [-0.2, -0.15) is 0 Å². The number of carbonyl (C=O) groups is 1. The first kappa shape index (κ1) is 15.1. The highest BCUT2D eigenvalue weighted by molar-refractivity contribution is 7.15. The Morgan fingerprint density at radius 1 is 1.22 bits per heavy atom. The average Bonchev–Trinajstić information content (AvgIpc) is 2.72. The van der Waals surface area contributed by atoms with E-state index in [2.05, 4.69) is 43.2 Å². The molecule has 1 amide bonds. The lowest BCUT2D eigenvalue weighted by atomic mass is 9.98. The molecule has 1 heterocycles. The molecule has 1 N–H and O–H groups in total.